The highest BCUT2D eigenvalue weighted by Gasteiger charge is 2.27. The molecular weight excluding hydrogens is 224 g/mol. The third-order valence-electron chi connectivity index (χ3n) is 3.35. The Hall–Kier alpha value is -1.00. The molecule has 17 heavy (non-hydrogen) atoms. The van der Waals surface area contributed by atoms with Crippen molar-refractivity contribution < 1.29 is 13.9 Å². The van der Waals surface area contributed by atoms with E-state index in [1.54, 1.807) is 0 Å². The van der Waals surface area contributed by atoms with Crippen LogP contribution in [0, 0.1) is 17.6 Å². The average Bonchev–Trinajstić information content (AvgIpc) is 2.22. The van der Waals surface area contributed by atoms with Gasteiger partial charge in [-0.2, -0.15) is 0 Å². The van der Waals surface area contributed by atoms with E-state index < -0.39 is 11.6 Å². The van der Waals surface area contributed by atoms with Crippen LogP contribution in [0.3, 0.4) is 0 Å². The molecular formula is C13H17F2NO. The van der Waals surface area contributed by atoms with E-state index in [1.165, 1.54) is 12.1 Å². The lowest BCUT2D eigenvalue weighted by atomic mass is 9.82. The lowest BCUT2D eigenvalue weighted by molar-refractivity contribution is 0.0420. The number of halogens is 2. The topological polar surface area (TPSA) is 32.3 Å². The first-order valence-corrected chi connectivity index (χ1v) is 5.92. The summed E-state index contributed by atoms with van der Waals surface area (Å²) in [4.78, 5) is 0. The molecule has 0 spiro atoms. The highest BCUT2D eigenvalue weighted by molar-refractivity contribution is 5.21. The molecule has 1 atom stereocenters. The Bertz CT molecular complexity index is 391. The lowest BCUT2D eigenvalue weighted by Gasteiger charge is -2.32. The van der Waals surface area contributed by atoms with Crippen LogP contribution in [0.5, 0.6) is 0 Å². The van der Waals surface area contributed by atoms with Gasteiger partial charge in [0.15, 0.2) is 0 Å². The van der Waals surface area contributed by atoms with Gasteiger partial charge in [0.2, 0.25) is 0 Å². The maximum absolute atomic E-state index is 13.5. The van der Waals surface area contributed by atoms with Crippen LogP contribution in [0.25, 0.3) is 0 Å². The Morgan fingerprint density at radius 3 is 2.71 bits per heavy atom. The number of hydrogen-bond donors (Lipinski definition) is 2. The summed E-state index contributed by atoms with van der Waals surface area (Å²) in [6, 6.07) is 3.50. The maximum Gasteiger partial charge on any atom is 0.130 e. The van der Waals surface area contributed by atoms with Crippen molar-refractivity contribution in [1.82, 2.24) is 5.32 Å². The van der Waals surface area contributed by atoms with Gasteiger partial charge in [-0.15, -0.1) is 0 Å². The Labute approximate surface area is 99.7 Å². The van der Waals surface area contributed by atoms with Gasteiger partial charge >= 0.3 is 0 Å². The van der Waals surface area contributed by atoms with Crippen LogP contribution >= 0.6 is 0 Å². The lowest BCUT2D eigenvalue weighted by Crippen LogP contribution is -2.37. The Morgan fingerprint density at radius 2 is 2.12 bits per heavy atom. The number of aliphatic hydroxyl groups is 1. The van der Waals surface area contributed by atoms with Crippen molar-refractivity contribution in [3.8, 4) is 0 Å². The van der Waals surface area contributed by atoms with E-state index in [-0.39, 0.29) is 12.1 Å². The molecule has 1 aliphatic rings. The third-order valence-corrected chi connectivity index (χ3v) is 3.35. The second-order valence-corrected chi connectivity index (χ2v) is 4.79. The minimum atomic E-state index is -0.555. The van der Waals surface area contributed by atoms with Gasteiger partial charge in [0, 0.05) is 17.7 Å². The molecule has 1 aromatic rings. The minimum Gasteiger partial charge on any atom is -0.393 e. The summed E-state index contributed by atoms with van der Waals surface area (Å²) in [5, 5.41) is 12.4. The van der Waals surface area contributed by atoms with Gasteiger partial charge in [-0.1, -0.05) is 6.07 Å². The Balaban J connectivity index is 1.88. The molecule has 2 rings (SSSR count). The van der Waals surface area contributed by atoms with E-state index in [9.17, 15) is 8.78 Å². The minimum absolute atomic E-state index is 0.145. The van der Waals surface area contributed by atoms with E-state index >= 15 is 0 Å². The molecule has 4 heteroatoms. The Kier molecular flexibility index (Phi) is 3.74. The number of nitrogens with one attached hydrogen (secondary N) is 1. The number of benzene rings is 1. The SMILES string of the molecule is CC(NCC1CC(O)C1)c1ccc(F)cc1F. The van der Waals surface area contributed by atoms with E-state index in [0.717, 1.165) is 25.5 Å². The van der Waals surface area contributed by atoms with Crippen LogP contribution in [-0.2, 0) is 0 Å². The summed E-state index contributed by atoms with van der Waals surface area (Å²) in [6.07, 6.45) is 1.46. The van der Waals surface area contributed by atoms with E-state index in [4.69, 9.17) is 5.11 Å². The van der Waals surface area contributed by atoms with Crippen molar-refractivity contribution in [2.45, 2.75) is 31.9 Å². The molecule has 1 unspecified atom stereocenters. The van der Waals surface area contributed by atoms with Gasteiger partial charge in [0.05, 0.1) is 6.10 Å². The molecule has 1 fully saturated rings. The van der Waals surface area contributed by atoms with Crippen molar-refractivity contribution in [2.24, 2.45) is 5.92 Å². The molecule has 94 valence electrons. The zero-order valence-corrected chi connectivity index (χ0v) is 9.79. The van der Waals surface area contributed by atoms with Crippen LogP contribution in [-0.4, -0.2) is 17.8 Å². The first-order valence-electron chi connectivity index (χ1n) is 5.92. The van der Waals surface area contributed by atoms with Gasteiger partial charge in [0.25, 0.3) is 0 Å². The predicted molar refractivity (Wildman–Crippen MR) is 61.5 cm³/mol. The zero-order valence-electron chi connectivity index (χ0n) is 9.79. The zero-order chi connectivity index (χ0) is 12.4. The molecule has 0 bridgehead atoms. The van der Waals surface area contributed by atoms with Crippen LogP contribution in [0.2, 0.25) is 0 Å². The van der Waals surface area contributed by atoms with E-state index in [0.29, 0.717) is 11.5 Å². The molecule has 1 aliphatic carbocycles. The van der Waals surface area contributed by atoms with Crippen LogP contribution < -0.4 is 5.32 Å². The highest BCUT2D eigenvalue weighted by Crippen LogP contribution is 2.27. The van der Waals surface area contributed by atoms with Gasteiger partial charge < -0.3 is 10.4 Å². The van der Waals surface area contributed by atoms with Gasteiger partial charge in [0.1, 0.15) is 11.6 Å². The fourth-order valence-corrected chi connectivity index (χ4v) is 2.17. The second kappa shape index (κ2) is 5.10. The predicted octanol–water partition coefficient (Wildman–Crippen LogP) is 2.39. The summed E-state index contributed by atoms with van der Waals surface area (Å²) < 4.78 is 26.2. The summed E-state index contributed by atoms with van der Waals surface area (Å²) in [5.41, 5.74) is 0.478. The van der Waals surface area contributed by atoms with E-state index in [2.05, 4.69) is 5.32 Å². The highest BCUT2D eigenvalue weighted by atomic mass is 19.1. The monoisotopic (exact) mass is 241 g/mol. The van der Waals surface area contributed by atoms with E-state index in [1.807, 2.05) is 6.92 Å². The second-order valence-electron chi connectivity index (χ2n) is 4.79. The molecule has 1 saturated carbocycles. The Morgan fingerprint density at radius 1 is 1.41 bits per heavy atom. The van der Waals surface area contributed by atoms with Crippen molar-refractivity contribution in [3.63, 3.8) is 0 Å². The summed E-state index contributed by atoms with van der Waals surface area (Å²) >= 11 is 0. The molecule has 0 aliphatic heterocycles. The van der Waals surface area contributed by atoms with Crippen molar-refractivity contribution in [2.75, 3.05) is 6.54 Å². The van der Waals surface area contributed by atoms with Gasteiger partial charge in [-0.05, 0) is 38.3 Å². The third kappa shape index (κ3) is 3.01. The molecule has 0 amide bonds. The van der Waals surface area contributed by atoms with Crippen LogP contribution in [0.15, 0.2) is 18.2 Å². The van der Waals surface area contributed by atoms with Crippen molar-refractivity contribution in [3.05, 3.63) is 35.4 Å². The summed E-state index contributed by atoms with van der Waals surface area (Å²) in [5.74, 6) is -0.602. The van der Waals surface area contributed by atoms with Gasteiger partial charge in [-0.25, -0.2) is 8.78 Å². The van der Waals surface area contributed by atoms with Crippen LogP contribution in [0.1, 0.15) is 31.4 Å². The summed E-state index contributed by atoms with van der Waals surface area (Å²) in [7, 11) is 0. The molecule has 0 aromatic heterocycles. The maximum atomic E-state index is 13.5. The van der Waals surface area contributed by atoms with Crippen molar-refractivity contribution >= 4 is 0 Å². The largest absolute Gasteiger partial charge is 0.393 e. The van der Waals surface area contributed by atoms with Gasteiger partial charge in [-0.3, -0.25) is 0 Å². The first-order chi connectivity index (χ1) is 8.06. The van der Waals surface area contributed by atoms with Crippen LogP contribution in [0.4, 0.5) is 8.78 Å². The quantitative estimate of drug-likeness (QED) is 0.848. The number of rotatable bonds is 4. The molecule has 0 radical (unpaired) electrons. The molecule has 1 aromatic carbocycles. The van der Waals surface area contributed by atoms with Crippen molar-refractivity contribution in [1.29, 1.82) is 0 Å². The standard InChI is InChI=1S/C13H17F2NO/c1-8(16-7-9-4-11(17)5-9)12-3-2-10(14)6-13(12)15/h2-3,6,8-9,11,16-17H,4-5,7H2,1H3. The first kappa shape index (κ1) is 12.5. The smallest absolute Gasteiger partial charge is 0.130 e. The normalized spacial score (nSPS) is 25.4. The molecule has 0 heterocycles. The average molecular weight is 241 g/mol. The number of hydrogen-bond acceptors (Lipinski definition) is 2. The molecule has 0 saturated heterocycles. The molecule has 2 N–H and O–H groups in total. The fourth-order valence-electron chi connectivity index (χ4n) is 2.17. The molecule has 2 nitrogen and oxygen atoms in total. The number of aliphatic hydroxyl groups excluding tert-OH is 1. The summed E-state index contributed by atoms with van der Waals surface area (Å²) in [6.45, 7) is 2.61. The fraction of sp³-hybridized carbons (Fsp3) is 0.538.